The lowest BCUT2D eigenvalue weighted by atomic mass is 10.1. The number of fused-ring (bicyclic) bond motifs is 1. The van der Waals surface area contributed by atoms with Gasteiger partial charge in [-0.25, -0.2) is 9.36 Å². The topological polar surface area (TPSA) is 59.7 Å². The minimum absolute atomic E-state index is 0.261. The third-order valence-electron chi connectivity index (χ3n) is 4.95. The lowest BCUT2D eigenvalue weighted by Gasteiger charge is -2.26. The summed E-state index contributed by atoms with van der Waals surface area (Å²) in [6.07, 6.45) is 3.83. The van der Waals surface area contributed by atoms with Crippen molar-refractivity contribution in [2.45, 2.75) is 26.4 Å². The normalized spacial score (nSPS) is 17.8. The summed E-state index contributed by atoms with van der Waals surface area (Å²) in [5, 5.41) is 16.0. The first kappa shape index (κ1) is 15.9. The average Bonchev–Trinajstić information content (AvgIpc) is 3.26. The van der Waals surface area contributed by atoms with Gasteiger partial charge in [-0.2, -0.15) is 10.2 Å². The van der Waals surface area contributed by atoms with Crippen LogP contribution in [0, 0.1) is 12.8 Å². The van der Waals surface area contributed by atoms with Crippen LogP contribution >= 0.6 is 0 Å². The molecule has 6 nitrogen and oxygen atoms in total. The quantitative estimate of drug-likeness (QED) is 0.752. The zero-order valence-electron chi connectivity index (χ0n) is 14.7. The predicted molar refractivity (Wildman–Crippen MR) is 98.9 cm³/mol. The lowest BCUT2D eigenvalue weighted by molar-refractivity contribution is 0.376. The monoisotopic (exact) mass is 336 g/mol. The molecular formula is C19H24N6. The van der Waals surface area contributed by atoms with Gasteiger partial charge in [0.25, 0.3) is 0 Å². The second-order valence-corrected chi connectivity index (χ2v) is 6.71. The molecule has 0 amide bonds. The Bertz CT molecular complexity index is 835. The van der Waals surface area contributed by atoms with E-state index < -0.39 is 0 Å². The van der Waals surface area contributed by atoms with E-state index in [0.29, 0.717) is 5.92 Å². The number of aromatic nitrogens is 4. The molecule has 2 atom stereocenters. The van der Waals surface area contributed by atoms with Crippen molar-refractivity contribution in [2.75, 3.05) is 18.4 Å². The number of para-hydroxylation sites is 1. The fourth-order valence-electron chi connectivity index (χ4n) is 3.45. The number of hydrogen-bond donors (Lipinski definition) is 2. The Hall–Kier alpha value is -2.60. The first-order chi connectivity index (χ1) is 12.2. The molecule has 1 aliphatic rings. The van der Waals surface area contributed by atoms with Gasteiger partial charge in [-0.15, -0.1) is 0 Å². The van der Waals surface area contributed by atoms with Gasteiger partial charge in [-0.1, -0.05) is 18.2 Å². The average molecular weight is 336 g/mol. The van der Waals surface area contributed by atoms with E-state index in [1.165, 1.54) is 11.3 Å². The van der Waals surface area contributed by atoms with Gasteiger partial charge in [0.2, 0.25) is 0 Å². The smallest absolute Gasteiger partial charge is 0.124 e. The highest BCUT2D eigenvalue weighted by Crippen LogP contribution is 2.21. The number of hydrogen-bond acceptors (Lipinski definition) is 4. The van der Waals surface area contributed by atoms with Crippen LogP contribution in [-0.4, -0.2) is 32.7 Å². The molecule has 2 aromatic heterocycles. The van der Waals surface area contributed by atoms with Crippen LogP contribution in [0.15, 0.2) is 48.8 Å². The summed E-state index contributed by atoms with van der Waals surface area (Å²) in [6.45, 7) is 7.22. The van der Waals surface area contributed by atoms with E-state index in [1.54, 1.807) is 0 Å². The Morgan fingerprint density at radius 1 is 1.24 bits per heavy atom. The SMILES string of the molecule is Cc1c([C@H](C)NC[C@@H]2CNc3ccnn3C2)cnn1-c1ccccc1. The standard InChI is InChI=1S/C19H24N6/c1-14(20-10-16-11-21-19-8-9-22-24(19)13-16)18-12-23-25(15(18)2)17-6-4-3-5-7-17/h3-9,12,14,16,20-21H,10-11,13H2,1-2H3/t14-,16+/m0/s1. The van der Waals surface area contributed by atoms with Crippen LogP contribution in [-0.2, 0) is 6.54 Å². The molecule has 4 rings (SSSR count). The molecule has 6 heteroatoms. The minimum atomic E-state index is 0.261. The molecule has 0 radical (unpaired) electrons. The third kappa shape index (κ3) is 3.17. The molecule has 0 fully saturated rings. The Kier molecular flexibility index (Phi) is 4.28. The first-order valence-corrected chi connectivity index (χ1v) is 8.81. The Morgan fingerprint density at radius 2 is 2.08 bits per heavy atom. The number of benzene rings is 1. The molecule has 0 bridgehead atoms. The van der Waals surface area contributed by atoms with Gasteiger partial charge in [0.15, 0.2) is 0 Å². The van der Waals surface area contributed by atoms with Gasteiger partial charge >= 0.3 is 0 Å². The Labute approximate surface area is 147 Å². The van der Waals surface area contributed by atoms with Crippen molar-refractivity contribution in [3.63, 3.8) is 0 Å². The van der Waals surface area contributed by atoms with Gasteiger partial charge in [-0.3, -0.25) is 0 Å². The number of nitrogens with one attached hydrogen (secondary N) is 2. The summed E-state index contributed by atoms with van der Waals surface area (Å²) < 4.78 is 4.05. The predicted octanol–water partition coefficient (Wildman–Crippen LogP) is 2.77. The minimum Gasteiger partial charge on any atom is -0.370 e. The van der Waals surface area contributed by atoms with Gasteiger partial charge in [0.05, 0.1) is 18.1 Å². The molecule has 3 aromatic rings. The van der Waals surface area contributed by atoms with Crippen molar-refractivity contribution in [2.24, 2.45) is 5.92 Å². The van der Waals surface area contributed by atoms with Crippen LogP contribution in [0.3, 0.4) is 0 Å². The first-order valence-electron chi connectivity index (χ1n) is 8.81. The molecule has 0 aliphatic carbocycles. The molecule has 0 unspecified atom stereocenters. The van der Waals surface area contributed by atoms with Crippen molar-refractivity contribution < 1.29 is 0 Å². The van der Waals surface area contributed by atoms with Gasteiger partial charge in [0.1, 0.15) is 5.82 Å². The van der Waals surface area contributed by atoms with E-state index in [2.05, 4.69) is 46.8 Å². The lowest BCUT2D eigenvalue weighted by Crippen LogP contribution is -2.36. The summed E-state index contributed by atoms with van der Waals surface area (Å²) in [4.78, 5) is 0. The van der Waals surface area contributed by atoms with Crippen molar-refractivity contribution in [1.29, 1.82) is 0 Å². The maximum atomic E-state index is 4.57. The van der Waals surface area contributed by atoms with Crippen LogP contribution in [0.4, 0.5) is 5.82 Å². The van der Waals surface area contributed by atoms with E-state index in [4.69, 9.17) is 0 Å². The molecule has 25 heavy (non-hydrogen) atoms. The number of rotatable bonds is 5. The molecule has 0 spiro atoms. The zero-order chi connectivity index (χ0) is 17.2. The Morgan fingerprint density at radius 3 is 2.92 bits per heavy atom. The van der Waals surface area contributed by atoms with E-state index in [1.807, 2.05) is 46.0 Å². The van der Waals surface area contributed by atoms with Gasteiger partial charge in [0, 0.05) is 48.9 Å². The fourth-order valence-corrected chi connectivity index (χ4v) is 3.45. The van der Waals surface area contributed by atoms with Crippen molar-refractivity contribution >= 4 is 5.82 Å². The van der Waals surface area contributed by atoms with Crippen LogP contribution in [0.2, 0.25) is 0 Å². The summed E-state index contributed by atoms with van der Waals surface area (Å²) >= 11 is 0. The summed E-state index contributed by atoms with van der Waals surface area (Å²) in [5.41, 5.74) is 3.52. The maximum absolute atomic E-state index is 4.57. The fraction of sp³-hybridized carbons (Fsp3) is 0.368. The van der Waals surface area contributed by atoms with Crippen LogP contribution in [0.5, 0.6) is 0 Å². The second kappa shape index (κ2) is 6.72. The second-order valence-electron chi connectivity index (χ2n) is 6.71. The van der Waals surface area contributed by atoms with Crippen LogP contribution < -0.4 is 10.6 Å². The van der Waals surface area contributed by atoms with E-state index in [-0.39, 0.29) is 6.04 Å². The molecule has 1 aromatic carbocycles. The maximum Gasteiger partial charge on any atom is 0.124 e. The Balaban J connectivity index is 1.40. The van der Waals surface area contributed by atoms with E-state index in [0.717, 1.165) is 31.1 Å². The molecular weight excluding hydrogens is 312 g/mol. The van der Waals surface area contributed by atoms with Crippen LogP contribution in [0.1, 0.15) is 24.2 Å². The summed E-state index contributed by atoms with van der Waals surface area (Å²) in [5.74, 6) is 1.64. The van der Waals surface area contributed by atoms with Crippen LogP contribution in [0.25, 0.3) is 5.69 Å². The third-order valence-corrected chi connectivity index (χ3v) is 4.95. The van der Waals surface area contributed by atoms with Crippen molar-refractivity contribution in [3.05, 3.63) is 60.0 Å². The molecule has 0 saturated carbocycles. The van der Waals surface area contributed by atoms with Gasteiger partial charge < -0.3 is 10.6 Å². The summed E-state index contributed by atoms with van der Waals surface area (Å²) in [7, 11) is 0. The molecule has 130 valence electrons. The van der Waals surface area contributed by atoms with Crippen molar-refractivity contribution in [1.82, 2.24) is 24.9 Å². The number of nitrogens with zero attached hydrogens (tertiary/aromatic N) is 4. The van der Waals surface area contributed by atoms with E-state index >= 15 is 0 Å². The molecule has 2 N–H and O–H groups in total. The molecule has 1 aliphatic heterocycles. The van der Waals surface area contributed by atoms with E-state index in [9.17, 15) is 0 Å². The highest BCUT2D eigenvalue weighted by atomic mass is 15.3. The zero-order valence-corrected chi connectivity index (χ0v) is 14.7. The van der Waals surface area contributed by atoms with Gasteiger partial charge in [-0.05, 0) is 26.0 Å². The molecule has 3 heterocycles. The largest absolute Gasteiger partial charge is 0.370 e. The summed E-state index contributed by atoms with van der Waals surface area (Å²) in [6, 6.07) is 12.5. The molecule has 0 saturated heterocycles. The number of anilines is 1. The van der Waals surface area contributed by atoms with Crippen molar-refractivity contribution in [3.8, 4) is 5.69 Å². The highest BCUT2D eigenvalue weighted by Gasteiger charge is 2.20. The highest BCUT2D eigenvalue weighted by molar-refractivity contribution is 5.36.